The van der Waals surface area contributed by atoms with Gasteiger partial charge in [-0.15, -0.1) is 0 Å². The summed E-state index contributed by atoms with van der Waals surface area (Å²) in [7, 11) is 0. The summed E-state index contributed by atoms with van der Waals surface area (Å²) in [6.45, 7) is -0.511. The minimum absolute atomic E-state index is 0.00724. The van der Waals surface area contributed by atoms with Gasteiger partial charge in [-0.05, 0) is 18.6 Å². The molecule has 0 aliphatic rings. The van der Waals surface area contributed by atoms with E-state index >= 15 is 0 Å². The molecule has 0 spiro atoms. The third-order valence-electron chi connectivity index (χ3n) is 3.50. The molecule has 2 rings (SSSR count). The highest BCUT2D eigenvalue weighted by atomic mass is 35.5. The van der Waals surface area contributed by atoms with Gasteiger partial charge in [0.15, 0.2) is 12.3 Å². The van der Waals surface area contributed by atoms with Crippen LogP contribution in [0.5, 0.6) is 5.75 Å². The molecule has 0 saturated carbocycles. The number of hydrogen-bond acceptors (Lipinski definition) is 6. The normalized spacial score (nSPS) is 11.9. The Kier molecular flexibility index (Phi) is 8.28. The smallest absolute Gasteiger partial charge is 0.313 e. The van der Waals surface area contributed by atoms with Gasteiger partial charge in [0.05, 0.1) is 11.1 Å². The Hall–Kier alpha value is -2.79. The summed E-state index contributed by atoms with van der Waals surface area (Å²) in [6, 6.07) is 3.72. The monoisotopic (exact) mass is 435 g/mol. The van der Waals surface area contributed by atoms with Crippen molar-refractivity contribution >= 4 is 23.4 Å². The van der Waals surface area contributed by atoms with Gasteiger partial charge in [-0.3, -0.25) is 9.59 Å². The number of oxazole rings is 1. The summed E-state index contributed by atoms with van der Waals surface area (Å²) in [5.74, 6) is -2.71. The van der Waals surface area contributed by atoms with Crippen molar-refractivity contribution in [3.8, 4) is 5.75 Å². The van der Waals surface area contributed by atoms with E-state index in [2.05, 4.69) is 20.0 Å². The SMILES string of the molecule is O=C(COc1ccc(Cl)c(F)c1)NC[C@@H](O)CCNC(=O)c1coc(C(F)F)n1. The highest BCUT2D eigenvalue weighted by Gasteiger charge is 2.18. The minimum Gasteiger partial charge on any atom is -0.484 e. The van der Waals surface area contributed by atoms with Crippen molar-refractivity contribution in [3.05, 3.63) is 46.9 Å². The molecule has 1 atom stereocenters. The molecule has 0 bridgehead atoms. The third-order valence-corrected chi connectivity index (χ3v) is 3.81. The summed E-state index contributed by atoms with van der Waals surface area (Å²) in [6.07, 6.45) is -3.03. The topological polar surface area (TPSA) is 114 Å². The number of aliphatic hydroxyl groups excluding tert-OH is 1. The number of rotatable bonds is 10. The summed E-state index contributed by atoms with van der Waals surface area (Å²) in [5, 5.41) is 14.5. The number of alkyl halides is 2. The molecule has 0 unspecified atom stereocenters. The molecule has 0 aliphatic carbocycles. The Balaban J connectivity index is 1.63. The molecule has 0 aliphatic heterocycles. The standard InChI is InChI=1S/C17H17ClF3N3O5/c18-11-2-1-10(5-12(11)19)28-8-14(26)23-6-9(25)3-4-22-16(27)13-7-29-17(24-13)15(20)21/h1-2,5,7,9,15,25H,3-4,6,8H2,(H,22,27)(H,23,26)/t9-/m0/s1. The van der Waals surface area contributed by atoms with Crippen LogP contribution in [0.15, 0.2) is 28.9 Å². The summed E-state index contributed by atoms with van der Waals surface area (Å²) < 4.78 is 47.5. The summed E-state index contributed by atoms with van der Waals surface area (Å²) in [4.78, 5) is 26.7. The fourth-order valence-electron chi connectivity index (χ4n) is 2.04. The number of aliphatic hydroxyl groups is 1. The van der Waals surface area contributed by atoms with Crippen molar-refractivity contribution < 1.29 is 37.0 Å². The van der Waals surface area contributed by atoms with E-state index in [1.807, 2.05) is 0 Å². The molecule has 0 saturated heterocycles. The number of nitrogens with one attached hydrogen (secondary N) is 2. The van der Waals surface area contributed by atoms with Crippen molar-refractivity contribution in [1.29, 1.82) is 0 Å². The molecule has 29 heavy (non-hydrogen) atoms. The molecule has 2 aromatic rings. The van der Waals surface area contributed by atoms with Gasteiger partial charge >= 0.3 is 6.43 Å². The molecule has 0 radical (unpaired) electrons. The number of aromatic nitrogens is 1. The van der Waals surface area contributed by atoms with E-state index in [-0.39, 0.29) is 36.0 Å². The van der Waals surface area contributed by atoms with Crippen LogP contribution in [-0.2, 0) is 4.79 Å². The highest BCUT2D eigenvalue weighted by Crippen LogP contribution is 2.20. The van der Waals surface area contributed by atoms with E-state index in [0.717, 1.165) is 12.3 Å². The van der Waals surface area contributed by atoms with Gasteiger partial charge < -0.3 is 24.9 Å². The zero-order chi connectivity index (χ0) is 21.4. The maximum Gasteiger partial charge on any atom is 0.313 e. The van der Waals surface area contributed by atoms with Crippen molar-refractivity contribution in [2.75, 3.05) is 19.7 Å². The van der Waals surface area contributed by atoms with Crippen LogP contribution in [0.1, 0.15) is 29.2 Å². The second-order valence-corrected chi connectivity index (χ2v) is 6.15. The maximum absolute atomic E-state index is 13.3. The predicted molar refractivity (Wildman–Crippen MR) is 94.3 cm³/mol. The van der Waals surface area contributed by atoms with Crippen LogP contribution in [0.4, 0.5) is 13.2 Å². The lowest BCUT2D eigenvalue weighted by Gasteiger charge is -2.12. The lowest BCUT2D eigenvalue weighted by Crippen LogP contribution is -2.37. The van der Waals surface area contributed by atoms with Crippen molar-refractivity contribution in [2.45, 2.75) is 19.0 Å². The number of amides is 2. The quantitative estimate of drug-likeness (QED) is 0.526. The molecule has 1 aromatic carbocycles. The molecule has 3 N–H and O–H groups in total. The van der Waals surface area contributed by atoms with Gasteiger partial charge in [0.1, 0.15) is 17.8 Å². The third kappa shape index (κ3) is 7.27. The molecule has 1 heterocycles. The largest absolute Gasteiger partial charge is 0.484 e. The van der Waals surface area contributed by atoms with Gasteiger partial charge in [0, 0.05) is 19.2 Å². The van der Waals surface area contributed by atoms with Crippen LogP contribution in [0.2, 0.25) is 5.02 Å². The molecule has 8 nitrogen and oxygen atoms in total. The molecule has 0 fully saturated rings. The van der Waals surface area contributed by atoms with Crippen LogP contribution >= 0.6 is 11.6 Å². The number of halogens is 4. The van der Waals surface area contributed by atoms with Gasteiger partial charge in [0.25, 0.3) is 17.7 Å². The van der Waals surface area contributed by atoms with Crippen LogP contribution in [0, 0.1) is 5.82 Å². The van der Waals surface area contributed by atoms with E-state index < -0.39 is 42.7 Å². The van der Waals surface area contributed by atoms with Gasteiger partial charge in [-0.2, -0.15) is 8.78 Å². The van der Waals surface area contributed by atoms with Crippen LogP contribution in [0.3, 0.4) is 0 Å². The van der Waals surface area contributed by atoms with E-state index in [1.165, 1.54) is 12.1 Å². The average Bonchev–Trinajstić information content (AvgIpc) is 3.18. The van der Waals surface area contributed by atoms with Crippen molar-refractivity contribution in [1.82, 2.24) is 15.6 Å². The zero-order valence-corrected chi connectivity index (χ0v) is 15.6. The first-order valence-corrected chi connectivity index (χ1v) is 8.68. The van der Waals surface area contributed by atoms with E-state index in [0.29, 0.717) is 0 Å². The summed E-state index contributed by atoms with van der Waals surface area (Å²) >= 11 is 5.54. The van der Waals surface area contributed by atoms with Gasteiger partial charge in [-0.25, -0.2) is 9.37 Å². The fraction of sp³-hybridized carbons (Fsp3) is 0.353. The lowest BCUT2D eigenvalue weighted by atomic mass is 10.2. The Labute approximate surface area is 168 Å². The zero-order valence-electron chi connectivity index (χ0n) is 14.8. The number of hydrogen-bond donors (Lipinski definition) is 3. The average molecular weight is 436 g/mol. The first-order chi connectivity index (χ1) is 13.8. The van der Waals surface area contributed by atoms with Gasteiger partial charge in [-0.1, -0.05) is 11.6 Å². The molecule has 158 valence electrons. The summed E-state index contributed by atoms with van der Waals surface area (Å²) in [5.41, 5.74) is -0.307. The number of carbonyl (C=O) groups excluding carboxylic acids is 2. The van der Waals surface area contributed by atoms with E-state index in [9.17, 15) is 27.9 Å². The second-order valence-electron chi connectivity index (χ2n) is 5.74. The Bertz CT molecular complexity index is 849. The Morgan fingerprint density at radius 3 is 2.72 bits per heavy atom. The maximum atomic E-state index is 13.3. The molecule has 12 heteroatoms. The molecule has 2 amide bonds. The van der Waals surface area contributed by atoms with Crippen LogP contribution in [0.25, 0.3) is 0 Å². The van der Waals surface area contributed by atoms with E-state index in [4.69, 9.17) is 16.3 Å². The van der Waals surface area contributed by atoms with Crippen LogP contribution < -0.4 is 15.4 Å². The predicted octanol–water partition coefficient (Wildman–Crippen LogP) is 2.08. The fourth-order valence-corrected chi connectivity index (χ4v) is 2.15. The first-order valence-electron chi connectivity index (χ1n) is 8.30. The highest BCUT2D eigenvalue weighted by molar-refractivity contribution is 6.30. The number of nitrogens with zero attached hydrogens (tertiary/aromatic N) is 1. The number of ether oxygens (including phenoxy) is 1. The molecular formula is C17H17ClF3N3O5. The molecule has 1 aromatic heterocycles. The van der Waals surface area contributed by atoms with Gasteiger partial charge in [0.2, 0.25) is 0 Å². The Morgan fingerprint density at radius 1 is 1.31 bits per heavy atom. The lowest BCUT2D eigenvalue weighted by molar-refractivity contribution is -0.123. The first kappa shape index (κ1) is 22.5. The van der Waals surface area contributed by atoms with E-state index in [1.54, 1.807) is 0 Å². The number of carbonyl (C=O) groups is 2. The van der Waals surface area contributed by atoms with Crippen LogP contribution in [-0.4, -0.2) is 47.7 Å². The minimum atomic E-state index is -2.93. The number of benzene rings is 1. The molecular weight excluding hydrogens is 419 g/mol. The second kappa shape index (κ2) is 10.7. The van der Waals surface area contributed by atoms with Crippen molar-refractivity contribution in [3.63, 3.8) is 0 Å². The Morgan fingerprint density at radius 2 is 2.07 bits per heavy atom. The van der Waals surface area contributed by atoms with Crippen molar-refractivity contribution in [2.24, 2.45) is 0 Å².